The first-order chi connectivity index (χ1) is 24.7. The highest BCUT2D eigenvalue weighted by atomic mass is 32.2. The minimum Gasteiger partial charge on any atom is -0.491 e. The van der Waals surface area contributed by atoms with Crippen LogP contribution < -0.4 is 15.0 Å². The standard InChI is InChI=1S/C40H48N4O6S/c1-4-6-20-49-21-22-50-36-12-7-30(8-13-36)31-9-16-38(43-19-17-32(26-43)40(46)47)33(24-31)23-29(3)39(45)42-34-10-14-37(15-11-34)51(48)27-35-25-41-28-44(35)18-5-2/h7-16,23-25,28,32H,4-6,17-22,26-27H2,1-3H3,(H,42,45)(H,46,47)/b29-23+. The number of unbranched alkanes of at least 4 members (excludes halogenated alkanes) is 1. The smallest absolute Gasteiger partial charge is 0.308 e. The summed E-state index contributed by atoms with van der Waals surface area (Å²) < 4.78 is 26.5. The summed E-state index contributed by atoms with van der Waals surface area (Å²) in [5.41, 5.74) is 5.66. The largest absolute Gasteiger partial charge is 0.491 e. The summed E-state index contributed by atoms with van der Waals surface area (Å²) in [7, 11) is -1.25. The van der Waals surface area contributed by atoms with Gasteiger partial charge in [0.1, 0.15) is 12.4 Å². The highest BCUT2D eigenvalue weighted by Gasteiger charge is 2.29. The van der Waals surface area contributed by atoms with Crippen LogP contribution in [0.2, 0.25) is 0 Å². The molecule has 0 bridgehead atoms. The Morgan fingerprint density at radius 3 is 2.47 bits per heavy atom. The van der Waals surface area contributed by atoms with E-state index in [4.69, 9.17) is 9.47 Å². The van der Waals surface area contributed by atoms with Crippen molar-refractivity contribution in [3.8, 4) is 16.9 Å². The number of aryl methyl sites for hydroxylation is 1. The molecule has 270 valence electrons. The van der Waals surface area contributed by atoms with Gasteiger partial charge < -0.3 is 29.4 Å². The van der Waals surface area contributed by atoms with E-state index >= 15 is 0 Å². The fourth-order valence-corrected chi connectivity index (χ4v) is 7.09. The second kappa shape index (κ2) is 18.5. The number of hydrogen-bond acceptors (Lipinski definition) is 7. The van der Waals surface area contributed by atoms with Gasteiger partial charge in [0.05, 0.1) is 41.1 Å². The second-order valence-electron chi connectivity index (χ2n) is 12.8. The molecule has 2 unspecified atom stereocenters. The molecule has 1 aliphatic rings. The fourth-order valence-electron chi connectivity index (χ4n) is 5.98. The Morgan fingerprint density at radius 2 is 1.76 bits per heavy atom. The summed E-state index contributed by atoms with van der Waals surface area (Å²) in [5, 5.41) is 12.6. The molecule has 11 heteroatoms. The Kier molecular flexibility index (Phi) is 13.6. The number of amides is 1. The molecule has 51 heavy (non-hydrogen) atoms. The van der Waals surface area contributed by atoms with E-state index < -0.39 is 22.7 Å². The number of carbonyl (C=O) groups excluding carboxylic acids is 1. The number of carboxylic acid groups (broad SMARTS) is 1. The lowest BCUT2D eigenvalue weighted by Gasteiger charge is -2.22. The Morgan fingerprint density at radius 1 is 1.00 bits per heavy atom. The van der Waals surface area contributed by atoms with Crippen molar-refractivity contribution in [3.05, 3.63) is 96.1 Å². The van der Waals surface area contributed by atoms with Crippen LogP contribution in [0.25, 0.3) is 17.2 Å². The molecule has 10 nitrogen and oxygen atoms in total. The number of aromatic nitrogens is 2. The Bertz CT molecular complexity index is 1820. The predicted octanol–water partition coefficient (Wildman–Crippen LogP) is 7.42. The summed E-state index contributed by atoms with van der Waals surface area (Å²) in [4.78, 5) is 32.1. The zero-order valence-corrected chi connectivity index (χ0v) is 30.5. The molecule has 2 atom stereocenters. The maximum atomic E-state index is 13.4. The van der Waals surface area contributed by atoms with Gasteiger partial charge in [0.25, 0.3) is 5.91 Å². The van der Waals surface area contributed by atoms with Crippen molar-refractivity contribution in [3.63, 3.8) is 0 Å². The van der Waals surface area contributed by atoms with Gasteiger partial charge in [-0.15, -0.1) is 0 Å². The molecule has 2 heterocycles. The van der Waals surface area contributed by atoms with Crippen LogP contribution in [0.4, 0.5) is 11.4 Å². The number of anilines is 2. The number of imidazole rings is 1. The van der Waals surface area contributed by atoms with E-state index in [2.05, 4.69) is 29.0 Å². The summed E-state index contributed by atoms with van der Waals surface area (Å²) in [6.45, 7) is 9.61. The molecule has 2 N–H and O–H groups in total. The number of hydrogen-bond donors (Lipinski definition) is 2. The van der Waals surface area contributed by atoms with E-state index in [1.807, 2.05) is 53.1 Å². The van der Waals surface area contributed by atoms with E-state index in [0.717, 1.165) is 66.2 Å². The summed E-state index contributed by atoms with van der Waals surface area (Å²) in [6, 6.07) is 21.0. The first-order valence-corrected chi connectivity index (χ1v) is 19.0. The third-order valence-electron chi connectivity index (χ3n) is 8.88. The molecule has 1 aliphatic heterocycles. The lowest BCUT2D eigenvalue weighted by atomic mass is 9.99. The van der Waals surface area contributed by atoms with Crippen molar-refractivity contribution in [2.45, 2.75) is 63.6 Å². The zero-order valence-electron chi connectivity index (χ0n) is 29.7. The summed E-state index contributed by atoms with van der Waals surface area (Å²) in [5.74, 6) is -0.377. The Labute approximate surface area is 303 Å². The second-order valence-corrected chi connectivity index (χ2v) is 14.2. The quantitative estimate of drug-likeness (QED) is 0.0808. The van der Waals surface area contributed by atoms with Crippen LogP contribution in [0.3, 0.4) is 0 Å². The van der Waals surface area contributed by atoms with Gasteiger partial charge in [0.15, 0.2) is 0 Å². The molecule has 1 aromatic heterocycles. The molecular weight excluding hydrogens is 665 g/mol. The Hall–Kier alpha value is -4.74. The molecule has 1 fully saturated rings. The molecule has 1 amide bonds. The number of nitrogens with one attached hydrogen (secondary N) is 1. The number of benzene rings is 3. The molecule has 1 saturated heterocycles. The maximum Gasteiger partial charge on any atom is 0.308 e. The SMILES string of the molecule is CCCCOCCOc1ccc(-c2ccc(N3CCC(C(=O)O)C3)c(/C=C(\C)C(=O)Nc3ccc(S(=O)Cc4cncn4CCC)cc3)c2)cc1. The van der Waals surface area contributed by atoms with Gasteiger partial charge in [0, 0.05) is 54.3 Å². The number of ether oxygens (including phenoxy) is 2. The Balaban J connectivity index is 1.29. The van der Waals surface area contributed by atoms with Crippen molar-refractivity contribution >= 4 is 40.1 Å². The topological polar surface area (TPSA) is 123 Å². The maximum absolute atomic E-state index is 13.4. The van der Waals surface area contributed by atoms with Crippen LogP contribution in [-0.4, -0.2) is 63.7 Å². The summed E-state index contributed by atoms with van der Waals surface area (Å²) >= 11 is 0. The number of rotatable bonds is 18. The van der Waals surface area contributed by atoms with Crippen molar-refractivity contribution in [2.24, 2.45) is 5.92 Å². The van der Waals surface area contributed by atoms with Gasteiger partial charge in [-0.2, -0.15) is 0 Å². The lowest BCUT2D eigenvalue weighted by molar-refractivity contribution is -0.140. The lowest BCUT2D eigenvalue weighted by Crippen LogP contribution is -2.23. The molecule has 3 aromatic carbocycles. The van der Waals surface area contributed by atoms with E-state index in [1.54, 1.807) is 43.7 Å². The molecule has 4 aromatic rings. The average Bonchev–Trinajstić information content (AvgIpc) is 3.81. The first kappa shape index (κ1) is 37.5. The van der Waals surface area contributed by atoms with E-state index in [9.17, 15) is 18.9 Å². The summed E-state index contributed by atoms with van der Waals surface area (Å²) in [6.07, 6.45) is 9.04. The monoisotopic (exact) mass is 712 g/mol. The minimum absolute atomic E-state index is 0.270. The molecule has 0 aliphatic carbocycles. The van der Waals surface area contributed by atoms with Crippen LogP contribution in [0.5, 0.6) is 5.75 Å². The van der Waals surface area contributed by atoms with Gasteiger partial charge >= 0.3 is 5.97 Å². The number of carboxylic acids is 1. The van der Waals surface area contributed by atoms with Crippen molar-refractivity contribution < 1.29 is 28.4 Å². The van der Waals surface area contributed by atoms with Gasteiger partial charge in [-0.1, -0.05) is 38.5 Å². The molecule has 0 saturated carbocycles. The van der Waals surface area contributed by atoms with Crippen LogP contribution >= 0.6 is 0 Å². The fraction of sp³-hybridized carbons (Fsp3) is 0.375. The zero-order chi connectivity index (χ0) is 36.2. The average molecular weight is 713 g/mol. The molecule has 0 radical (unpaired) electrons. The number of nitrogens with zero attached hydrogens (tertiary/aromatic N) is 3. The molecular formula is C40H48N4O6S. The van der Waals surface area contributed by atoms with Crippen LogP contribution in [-0.2, 0) is 37.4 Å². The van der Waals surface area contributed by atoms with Gasteiger partial charge in [0.2, 0.25) is 0 Å². The minimum atomic E-state index is -1.25. The highest BCUT2D eigenvalue weighted by Crippen LogP contribution is 2.33. The third-order valence-corrected chi connectivity index (χ3v) is 10.2. The third kappa shape index (κ3) is 10.4. The van der Waals surface area contributed by atoms with Crippen molar-refractivity contribution in [1.29, 1.82) is 0 Å². The van der Waals surface area contributed by atoms with Gasteiger partial charge in [-0.05, 0) is 97.5 Å². The van der Waals surface area contributed by atoms with Crippen LogP contribution in [0.15, 0.2) is 89.7 Å². The normalized spacial score (nSPS) is 15.2. The van der Waals surface area contributed by atoms with Crippen LogP contribution in [0, 0.1) is 5.92 Å². The van der Waals surface area contributed by atoms with Gasteiger partial charge in [-0.3, -0.25) is 13.8 Å². The van der Waals surface area contributed by atoms with E-state index in [1.165, 1.54) is 0 Å². The first-order valence-electron chi connectivity index (χ1n) is 17.7. The number of carbonyl (C=O) groups is 2. The van der Waals surface area contributed by atoms with E-state index in [0.29, 0.717) is 54.6 Å². The molecule has 0 spiro atoms. The van der Waals surface area contributed by atoms with Crippen LogP contribution in [0.1, 0.15) is 57.7 Å². The number of aliphatic carboxylic acids is 1. The molecule has 5 rings (SSSR count). The highest BCUT2D eigenvalue weighted by molar-refractivity contribution is 7.84. The van der Waals surface area contributed by atoms with Crippen molar-refractivity contribution in [1.82, 2.24) is 9.55 Å². The van der Waals surface area contributed by atoms with Gasteiger partial charge in [-0.25, -0.2) is 4.98 Å². The van der Waals surface area contributed by atoms with E-state index in [-0.39, 0.29) is 5.91 Å². The predicted molar refractivity (Wildman–Crippen MR) is 202 cm³/mol. The van der Waals surface area contributed by atoms with Crippen molar-refractivity contribution in [2.75, 3.05) is 43.1 Å².